The molecule has 2 atom stereocenters. The van der Waals surface area contributed by atoms with Gasteiger partial charge in [0.2, 0.25) is 11.8 Å². The van der Waals surface area contributed by atoms with Crippen LogP contribution < -0.4 is 10.6 Å². The van der Waals surface area contributed by atoms with E-state index in [-0.39, 0.29) is 18.2 Å². The predicted molar refractivity (Wildman–Crippen MR) is 167 cm³/mol. The van der Waals surface area contributed by atoms with E-state index in [9.17, 15) is 14.4 Å². The molecule has 0 aromatic heterocycles. The third-order valence-corrected chi connectivity index (χ3v) is 6.74. The highest BCUT2D eigenvalue weighted by Gasteiger charge is 2.36. The quantitative estimate of drug-likeness (QED) is 0.262. The topological polar surface area (TPSA) is 87.7 Å². The number of aryl methyl sites for hydroxylation is 2. The maximum absolute atomic E-state index is 14.5. The van der Waals surface area contributed by atoms with Gasteiger partial charge >= 0.3 is 6.09 Å². The van der Waals surface area contributed by atoms with Gasteiger partial charge in [0, 0.05) is 19.5 Å². The zero-order valence-corrected chi connectivity index (χ0v) is 25.8. The van der Waals surface area contributed by atoms with E-state index in [1.54, 1.807) is 25.7 Å². The molecule has 2 unspecified atom stereocenters. The van der Waals surface area contributed by atoms with E-state index in [0.717, 1.165) is 34.2 Å². The number of rotatable bonds is 12. The van der Waals surface area contributed by atoms with E-state index in [1.807, 2.05) is 99.6 Å². The van der Waals surface area contributed by atoms with Crippen molar-refractivity contribution < 1.29 is 19.1 Å². The van der Waals surface area contributed by atoms with Crippen molar-refractivity contribution in [3.8, 4) is 0 Å². The van der Waals surface area contributed by atoms with Crippen molar-refractivity contribution in [2.24, 2.45) is 0 Å². The van der Waals surface area contributed by atoms with Crippen molar-refractivity contribution >= 4 is 17.9 Å². The Hall–Kier alpha value is -4.13. The molecular formula is C35H45N3O4. The molecule has 3 aromatic carbocycles. The molecule has 0 aliphatic rings. The van der Waals surface area contributed by atoms with Crippen LogP contribution in [0.4, 0.5) is 4.79 Å². The first-order valence-electron chi connectivity index (χ1n) is 14.7. The number of nitrogens with zero attached hydrogens (tertiary/aromatic N) is 1. The molecular weight excluding hydrogens is 526 g/mol. The molecule has 0 saturated carbocycles. The number of amides is 3. The Bertz CT molecular complexity index is 1300. The minimum Gasteiger partial charge on any atom is -0.444 e. The van der Waals surface area contributed by atoms with E-state index < -0.39 is 23.8 Å². The third-order valence-electron chi connectivity index (χ3n) is 6.74. The summed E-state index contributed by atoms with van der Waals surface area (Å²) in [6.07, 6.45) is 1.11. The molecule has 0 aliphatic carbocycles. The second-order valence-corrected chi connectivity index (χ2v) is 11.8. The summed E-state index contributed by atoms with van der Waals surface area (Å²) >= 11 is 0. The summed E-state index contributed by atoms with van der Waals surface area (Å²) in [7, 11) is 0. The molecule has 3 aromatic rings. The molecule has 3 rings (SSSR count). The average molecular weight is 572 g/mol. The second-order valence-electron chi connectivity index (χ2n) is 11.8. The van der Waals surface area contributed by atoms with Crippen LogP contribution in [-0.2, 0) is 27.3 Å². The lowest BCUT2D eigenvalue weighted by atomic mass is 9.97. The second kappa shape index (κ2) is 15.2. The van der Waals surface area contributed by atoms with Crippen LogP contribution in [0.15, 0.2) is 78.9 Å². The Morgan fingerprint density at radius 3 is 1.98 bits per heavy atom. The summed E-state index contributed by atoms with van der Waals surface area (Å²) in [6, 6.07) is 23.4. The van der Waals surface area contributed by atoms with Gasteiger partial charge in [-0.2, -0.15) is 0 Å². The fraction of sp³-hybridized carbons (Fsp3) is 0.400. The lowest BCUT2D eigenvalue weighted by molar-refractivity contribution is -0.142. The normalized spacial score (nSPS) is 12.6. The van der Waals surface area contributed by atoms with Crippen molar-refractivity contribution in [1.82, 2.24) is 15.5 Å². The van der Waals surface area contributed by atoms with Gasteiger partial charge in [-0.1, -0.05) is 103 Å². The van der Waals surface area contributed by atoms with Crippen molar-refractivity contribution in [2.75, 3.05) is 6.54 Å². The molecule has 0 radical (unpaired) electrons. The fourth-order valence-electron chi connectivity index (χ4n) is 4.92. The molecule has 0 spiro atoms. The summed E-state index contributed by atoms with van der Waals surface area (Å²) in [5.41, 5.74) is 3.86. The number of carbonyl (C=O) groups excluding carboxylic acids is 3. The number of ether oxygens (including phenoxy) is 1. The first-order valence-corrected chi connectivity index (χ1v) is 14.7. The lowest BCUT2D eigenvalue weighted by Crippen LogP contribution is -2.54. The van der Waals surface area contributed by atoms with E-state index in [0.29, 0.717) is 19.5 Å². The number of unbranched alkanes of at least 4 members (excludes halogenated alkanes) is 1. The summed E-state index contributed by atoms with van der Waals surface area (Å²) in [6.45, 7) is 12.0. The average Bonchev–Trinajstić information content (AvgIpc) is 2.93. The number of carbonyl (C=O) groups is 3. The Morgan fingerprint density at radius 2 is 1.43 bits per heavy atom. The van der Waals surface area contributed by atoms with Gasteiger partial charge in [-0.15, -0.1) is 0 Å². The summed E-state index contributed by atoms with van der Waals surface area (Å²) < 4.78 is 5.53. The fourth-order valence-corrected chi connectivity index (χ4v) is 4.92. The molecule has 0 saturated heterocycles. The molecule has 3 amide bonds. The molecule has 7 heteroatoms. The highest BCUT2D eigenvalue weighted by molar-refractivity contribution is 5.92. The van der Waals surface area contributed by atoms with Gasteiger partial charge in [-0.05, 0) is 57.7 Å². The van der Waals surface area contributed by atoms with Gasteiger partial charge in [-0.3, -0.25) is 9.59 Å². The van der Waals surface area contributed by atoms with Crippen LogP contribution in [-0.4, -0.2) is 41.0 Å². The molecule has 7 nitrogen and oxygen atoms in total. The molecule has 2 N–H and O–H groups in total. The minimum atomic E-state index is -0.936. The van der Waals surface area contributed by atoms with Gasteiger partial charge in [-0.25, -0.2) is 4.79 Å². The van der Waals surface area contributed by atoms with E-state index in [4.69, 9.17) is 4.74 Å². The van der Waals surface area contributed by atoms with Crippen molar-refractivity contribution in [3.63, 3.8) is 0 Å². The smallest absolute Gasteiger partial charge is 0.408 e. The van der Waals surface area contributed by atoms with Gasteiger partial charge in [0.05, 0.1) is 0 Å². The maximum Gasteiger partial charge on any atom is 0.408 e. The zero-order chi connectivity index (χ0) is 30.7. The van der Waals surface area contributed by atoms with Crippen LogP contribution in [0.1, 0.15) is 74.4 Å². The van der Waals surface area contributed by atoms with Gasteiger partial charge in [0.1, 0.15) is 17.7 Å². The summed E-state index contributed by atoms with van der Waals surface area (Å²) in [5, 5.41) is 5.88. The van der Waals surface area contributed by atoms with Crippen molar-refractivity contribution in [3.05, 3.63) is 107 Å². The first kappa shape index (κ1) is 32.4. The minimum absolute atomic E-state index is 0.257. The summed E-state index contributed by atoms with van der Waals surface area (Å²) in [4.78, 5) is 43.1. The molecule has 42 heavy (non-hydrogen) atoms. The molecule has 224 valence electrons. The van der Waals surface area contributed by atoms with Crippen LogP contribution >= 0.6 is 0 Å². The van der Waals surface area contributed by atoms with E-state index in [2.05, 4.69) is 10.6 Å². The number of nitrogens with one attached hydrogen (secondary N) is 2. The molecule has 0 bridgehead atoms. The van der Waals surface area contributed by atoms with Gasteiger partial charge in [0.15, 0.2) is 0 Å². The van der Waals surface area contributed by atoms with E-state index in [1.165, 1.54) is 0 Å². The van der Waals surface area contributed by atoms with Crippen LogP contribution in [0.25, 0.3) is 0 Å². The SMILES string of the molecule is CCCCN(C(=O)C(Cc1ccccc1)NC(=O)OC(C)(C)C)C(C(=O)NCc1ccccc1)c1cc(C)cc(C)c1. The van der Waals surface area contributed by atoms with Crippen molar-refractivity contribution in [2.45, 2.75) is 85.0 Å². The number of benzene rings is 3. The maximum atomic E-state index is 14.5. The highest BCUT2D eigenvalue weighted by atomic mass is 16.6. The lowest BCUT2D eigenvalue weighted by Gasteiger charge is -2.35. The summed E-state index contributed by atoms with van der Waals surface area (Å²) in [5.74, 6) is -0.610. The monoisotopic (exact) mass is 571 g/mol. The Balaban J connectivity index is 2.03. The number of alkyl carbamates (subject to hydrolysis) is 1. The first-order chi connectivity index (χ1) is 20.0. The van der Waals surface area contributed by atoms with Crippen molar-refractivity contribution in [1.29, 1.82) is 0 Å². The standard InChI is InChI=1S/C35H45N3O4/c1-7-8-19-38(33(40)30(23-27-15-11-9-12-16-27)37-34(41)42-35(4,5)6)31(29-21-25(2)20-26(3)22-29)32(39)36-24-28-17-13-10-14-18-28/h9-18,20-22,30-31H,7-8,19,23-24H2,1-6H3,(H,36,39)(H,37,41). The van der Waals surface area contributed by atoms with Gasteiger partial charge < -0.3 is 20.3 Å². The van der Waals surface area contributed by atoms with Crippen LogP contribution in [0, 0.1) is 13.8 Å². The number of hydrogen-bond acceptors (Lipinski definition) is 4. The Morgan fingerprint density at radius 1 is 0.857 bits per heavy atom. The molecule has 0 heterocycles. The molecule has 0 aliphatic heterocycles. The van der Waals surface area contributed by atoms with Crippen LogP contribution in [0.3, 0.4) is 0 Å². The highest BCUT2D eigenvalue weighted by Crippen LogP contribution is 2.26. The Labute approximate surface area is 250 Å². The van der Waals surface area contributed by atoms with Crippen LogP contribution in [0.2, 0.25) is 0 Å². The largest absolute Gasteiger partial charge is 0.444 e. The predicted octanol–water partition coefficient (Wildman–Crippen LogP) is 6.43. The number of hydrogen-bond donors (Lipinski definition) is 2. The third kappa shape index (κ3) is 10.1. The van der Waals surface area contributed by atoms with Gasteiger partial charge in [0.25, 0.3) is 0 Å². The van der Waals surface area contributed by atoms with Crippen LogP contribution in [0.5, 0.6) is 0 Å². The zero-order valence-electron chi connectivity index (χ0n) is 25.8. The Kier molecular flexibility index (Phi) is 11.7. The van der Waals surface area contributed by atoms with E-state index >= 15 is 0 Å². The molecule has 0 fully saturated rings.